The van der Waals surface area contributed by atoms with E-state index in [1.807, 2.05) is 44.2 Å². The van der Waals surface area contributed by atoms with Gasteiger partial charge in [-0.25, -0.2) is 18.2 Å². The first kappa shape index (κ1) is 28.4. The molecule has 0 aliphatic carbocycles. The lowest BCUT2D eigenvalue weighted by atomic mass is 10.2. The molecule has 1 aliphatic rings. The molecule has 212 valence electrons. The van der Waals surface area contributed by atoms with Gasteiger partial charge in [-0.3, -0.25) is 9.10 Å². The van der Waals surface area contributed by atoms with Crippen molar-refractivity contribution in [2.45, 2.75) is 18.7 Å². The molecule has 12 heteroatoms. The van der Waals surface area contributed by atoms with E-state index in [2.05, 4.69) is 31.0 Å². The number of benzene rings is 3. The van der Waals surface area contributed by atoms with E-state index < -0.39 is 28.3 Å². The number of aromatic nitrogens is 1. The highest BCUT2D eigenvalue weighted by molar-refractivity contribution is 9.10. The van der Waals surface area contributed by atoms with Crippen LogP contribution in [0.5, 0.6) is 11.5 Å². The average Bonchev–Trinajstić information content (AvgIpc) is 3.24. The van der Waals surface area contributed by atoms with Gasteiger partial charge in [0.05, 0.1) is 22.5 Å². The molecule has 1 amide bonds. The number of fused-ring (bicyclic) bond motifs is 1. The minimum absolute atomic E-state index is 0.109. The molecule has 1 N–H and O–H groups in total. The fraction of sp³-hybridized carbons (Fsp3) is 0.172. The molecule has 1 aliphatic heterocycles. The second-order valence-corrected chi connectivity index (χ2v) is 11.9. The predicted octanol–water partition coefficient (Wildman–Crippen LogP) is 5.11. The molecule has 41 heavy (non-hydrogen) atoms. The molecule has 5 rings (SSSR count). The molecule has 0 spiro atoms. The Bertz CT molecular complexity index is 1740. The lowest BCUT2D eigenvalue weighted by Gasteiger charge is -2.25. The summed E-state index contributed by atoms with van der Waals surface area (Å²) in [5.41, 5.74) is 6.13. The van der Waals surface area contributed by atoms with Gasteiger partial charge in [-0.2, -0.15) is 5.10 Å². The molecule has 0 saturated heterocycles. The first-order valence-corrected chi connectivity index (χ1v) is 14.8. The third kappa shape index (κ3) is 5.98. The fourth-order valence-electron chi connectivity index (χ4n) is 4.50. The second kappa shape index (κ2) is 11.8. The number of rotatable bonds is 8. The summed E-state index contributed by atoms with van der Waals surface area (Å²) in [6, 6.07) is 18.8. The number of carbonyl (C=O) groups excluding carboxylic acids is 1. The van der Waals surface area contributed by atoms with Gasteiger partial charge < -0.3 is 14.0 Å². The monoisotopic (exact) mass is 640 g/mol. The Hall–Kier alpha value is -4.16. The number of para-hydroxylation sites is 1. The maximum absolute atomic E-state index is 13.7. The molecule has 0 fully saturated rings. The molecule has 2 heterocycles. The smallest absolute Gasteiger partial charge is 0.264 e. The molecule has 0 atom stereocenters. The number of nitrogens with one attached hydrogen (secondary N) is 1. The zero-order chi connectivity index (χ0) is 29.1. The van der Waals surface area contributed by atoms with E-state index in [0.717, 1.165) is 43.5 Å². The largest absolute Gasteiger partial charge is 0.486 e. The molecule has 9 nitrogen and oxygen atoms in total. The summed E-state index contributed by atoms with van der Waals surface area (Å²) >= 11 is 3.58. The SMILES string of the molecule is Cc1cc(/C=N\NC(=O)CN(c2ccc(F)cc2)S(=O)(=O)c2ccc3c(c2)OCCO3)c(C)n1-c1ccccc1Br. The number of anilines is 1. The van der Waals surface area contributed by atoms with Crippen molar-refractivity contribution < 1.29 is 27.1 Å². The van der Waals surface area contributed by atoms with Crippen molar-refractivity contribution in [1.29, 1.82) is 0 Å². The van der Waals surface area contributed by atoms with Gasteiger partial charge in [0.15, 0.2) is 11.5 Å². The highest BCUT2D eigenvalue weighted by Gasteiger charge is 2.29. The molecule has 0 saturated carbocycles. The Morgan fingerprint density at radius 3 is 2.49 bits per heavy atom. The van der Waals surface area contributed by atoms with Gasteiger partial charge in [-0.15, -0.1) is 0 Å². The van der Waals surface area contributed by atoms with Crippen LogP contribution >= 0.6 is 15.9 Å². The predicted molar refractivity (Wildman–Crippen MR) is 157 cm³/mol. The lowest BCUT2D eigenvalue weighted by Crippen LogP contribution is -2.39. The van der Waals surface area contributed by atoms with Crippen LogP contribution in [0, 0.1) is 19.7 Å². The number of amides is 1. The van der Waals surface area contributed by atoms with Crippen LogP contribution in [0.15, 0.2) is 87.3 Å². The van der Waals surface area contributed by atoms with Crippen LogP contribution in [0.1, 0.15) is 17.0 Å². The van der Waals surface area contributed by atoms with Crippen LogP contribution < -0.4 is 19.2 Å². The average molecular weight is 642 g/mol. The summed E-state index contributed by atoms with van der Waals surface area (Å²) in [6.45, 7) is 3.94. The van der Waals surface area contributed by atoms with Crippen LogP contribution in [-0.2, 0) is 14.8 Å². The van der Waals surface area contributed by atoms with Crippen molar-refractivity contribution in [3.8, 4) is 17.2 Å². The lowest BCUT2D eigenvalue weighted by molar-refractivity contribution is -0.119. The highest BCUT2D eigenvalue weighted by Crippen LogP contribution is 2.34. The number of halogens is 2. The van der Waals surface area contributed by atoms with Crippen molar-refractivity contribution in [2.24, 2.45) is 5.10 Å². The van der Waals surface area contributed by atoms with Crippen LogP contribution in [0.25, 0.3) is 5.69 Å². The zero-order valence-electron chi connectivity index (χ0n) is 22.2. The Kier molecular flexibility index (Phi) is 8.13. The summed E-state index contributed by atoms with van der Waals surface area (Å²) in [7, 11) is -4.26. The van der Waals surface area contributed by atoms with Gasteiger partial charge in [0.25, 0.3) is 15.9 Å². The molecular formula is C29H26BrFN4O5S. The summed E-state index contributed by atoms with van der Waals surface area (Å²) < 4.78 is 55.9. The van der Waals surface area contributed by atoms with Crippen molar-refractivity contribution in [3.63, 3.8) is 0 Å². The number of hydrazone groups is 1. The molecule has 0 radical (unpaired) electrons. The third-order valence-corrected chi connectivity index (χ3v) is 8.90. The van der Waals surface area contributed by atoms with E-state index in [-0.39, 0.29) is 22.9 Å². The number of nitrogens with zero attached hydrogens (tertiary/aromatic N) is 3. The minimum atomic E-state index is -4.26. The number of hydrogen-bond donors (Lipinski definition) is 1. The van der Waals surface area contributed by atoms with Gasteiger partial charge in [-0.1, -0.05) is 12.1 Å². The van der Waals surface area contributed by atoms with E-state index in [9.17, 15) is 17.6 Å². The number of aryl methyl sites for hydroxylation is 1. The van der Waals surface area contributed by atoms with E-state index in [0.29, 0.717) is 12.4 Å². The van der Waals surface area contributed by atoms with Crippen LogP contribution in [0.2, 0.25) is 0 Å². The van der Waals surface area contributed by atoms with Gasteiger partial charge in [0, 0.05) is 27.5 Å². The quantitative estimate of drug-likeness (QED) is 0.213. The maximum Gasteiger partial charge on any atom is 0.264 e. The van der Waals surface area contributed by atoms with E-state index >= 15 is 0 Å². The second-order valence-electron chi connectivity index (χ2n) is 9.20. The minimum Gasteiger partial charge on any atom is -0.486 e. The van der Waals surface area contributed by atoms with Gasteiger partial charge in [-0.05, 0) is 84.4 Å². The molecule has 0 bridgehead atoms. The topological polar surface area (TPSA) is 102 Å². The zero-order valence-corrected chi connectivity index (χ0v) is 24.6. The van der Waals surface area contributed by atoms with Crippen molar-refractivity contribution >= 4 is 43.8 Å². The Balaban J connectivity index is 1.38. The molecule has 3 aromatic carbocycles. The van der Waals surface area contributed by atoms with Crippen LogP contribution in [-0.4, -0.2) is 44.9 Å². The first-order chi connectivity index (χ1) is 19.6. The Labute approximate surface area is 245 Å². The van der Waals surface area contributed by atoms with Gasteiger partial charge >= 0.3 is 0 Å². The third-order valence-electron chi connectivity index (χ3n) is 6.46. The fourth-order valence-corrected chi connectivity index (χ4v) is 6.39. The molecular weight excluding hydrogens is 615 g/mol. The summed E-state index contributed by atoms with van der Waals surface area (Å²) in [5.74, 6) is -0.522. The highest BCUT2D eigenvalue weighted by atomic mass is 79.9. The number of carbonyl (C=O) groups is 1. The van der Waals surface area contributed by atoms with E-state index in [1.54, 1.807) is 0 Å². The van der Waals surface area contributed by atoms with Crippen molar-refractivity contribution in [1.82, 2.24) is 9.99 Å². The molecule has 0 unspecified atom stereocenters. The maximum atomic E-state index is 13.7. The molecule has 1 aromatic heterocycles. The summed E-state index contributed by atoms with van der Waals surface area (Å²) in [6.07, 6.45) is 1.51. The number of ether oxygens (including phenoxy) is 2. The van der Waals surface area contributed by atoms with Gasteiger partial charge in [0.1, 0.15) is 25.6 Å². The Morgan fingerprint density at radius 1 is 1.05 bits per heavy atom. The molecule has 4 aromatic rings. The number of hydrogen-bond acceptors (Lipinski definition) is 6. The Morgan fingerprint density at radius 2 is 1.76 bits per heavy atom. The van der Waals surface area contributed by atoms with E-state index in [1.165, 1.54) is 36.5 Å². The van der Waals surface area contributed by atoms with Crippen molar-refractivity contribution in [3.05, 3.63) is 100 Å². The first-order valence-electron chi connectivity index (χ1n) is 12.6. The summed E-state index contributed by atoms with van der Waals surface area (Å²) in [4.78, 5) is 12.8. The van der Waals surface area contributed by atoms with Crippen molar-refractivity contribution in [2.75, 3.05) is 24.1 Å². The van der Waals surface area contributed by atoms with Crippen LogP contribution in [0.3, 0.4) is 0 Å². The summed E-state index contributed by atoms with van der Waals surface area (Å²) in [5, 5.41) is 4.08. The number of sulfonamides is 1. The normalized spacial score (nSPS) is 12.9. The van der Waals surface area contributed by atoms with Gasteiger partial charge in [0.2, 0.25) is 0 Å². The standard InChI is InChI=1S/C29H26BrFN4O5S/c1-19-15-21(20(2)35(19)26-6-4-3-5-25(26)30)17-32-33-29(36)18-34(23-9-7-22(31)8-10-23)41(37,38)24-11-12-27-28(16-24)40-14-13-39-27/h3-12,15-17H,13-14,18H2,1-2H3,(H,33,36)/b32-17-. The van der Waals surface area contributed by atoms with E-state index in [4.69, 9.17) is 9.47 Å². The van der Waals surface area contributed by atoms with Crippen LogP contribution in [0.4, 0.5) is 10.1 Å².